The van der Waals surface area contributed by atoms with Crippen molar-refractivity contribution in [2.24, 2.45) is 5.73 Å². The van der Waals surface area contributed by atoms with Gasteiger partial charge in [-0.05, 0) is 61.3 Å². The van der Waals surface area contributed by atoms with Gasteiger partial charge in [-0.15, -0.1) is 5.10 Å². The highest BCUT2D eigenvalue weighted by Crippen LogP contribution is 2.31. The Morgan fingerprint density at radius 2 is 1.73 bits per heavy atom. The lowest BCUT2D eigenvalue weighted by atomic mass is 9.78. The lowest BCUT2D eigenvalue weighted by Gasteiger charge is -2.31. The number of rotatable bonds is 10. The Morgan fingerprint density at radius 3 is 2.23 bits per heavy atom. The van der Waals surface area contributed by atoms with Crippen LogP contribution in [0.3, 0.4) is 0 Å². The third-order valence-electron chi connectivity index (χ3n) is 4.59. The first-order chi connectivity index (χ1) is 11.5. The van der Waals surface area contributed by atoms with E-state index in [-0.39, 0.29) is 22.3 Å². The van der Waals surface area contributed by atoms with Crippen molar-refractivity contribution in [2.75, 3.05) is 6.61 Å². The Hall–Kier alpha value is -1.27. The van der Waals surface area contributed by atoms with Crippen LogP contribution in [0.1, 0.15) is 87.3 Å². The number of carbonyl (C=O) groups is 1. The normalized spacial score (nSPS) is 13.9. The second kappa shape index (κ2) is 7.77. The van der Waals surface area contributed by atoms with Crippen molar-refractivity contribution in [1.82, 2.24) is 15.0 Å². The van der Waals surface area contributed by atoms with E-state index >= 15 is 0 Å². The molecule has 0 unspecified atom stereocenters. The van der Waals surface area contributed by atoms with Crippen LogP contribution < -0.4 is 5.73 Å². The Morgan fingerprint density at radius 1 is 1.15 bits per heavy atom. The highest BCUT2D eigenvalue weighted by atomic mass is 16.5. The molecule has 0 aliphatic heterocycles. The third-order valence-corrected chi connectivity index (χ3v) is 4.59. The predicted molar refractivity (Wildman–Crippen MR) is 105 cm³/mol. The first kappa shape index (κ1) is 22.8. The molecule has 0 aromatic carbocycles. The van der Waals surface area contributed by atoms with Crippen molar-refractivity contribution >= 4 is 5.78 Å². The van der Waals surface area contributed by atoms with Gasteiger partial charge in [-0.2, -0.15) is 0 Å². The molecule has 0 fully saturated rings. The highest BCUT2D eigenvalue weighted by molar-refractivity contribution is 5.76. The standard InChI is InChI=1S/C20H38N4O2/c1-15(25)12-20(8,9)26-11-10-19(6,7)24-13-16(22-23-24)17(2,3)14-18(4,5)21/h13H,10-12,14,21H2,1-9H3. The van der Waals surface area contributed by atoms with Crippen LogP contribution in [-0.2, 0) is 20.5 Å². The molecule has 1 rings (SSSR count). The van der Waals surface area contributed by atoms with E-state index in [9.17, 15) is 4.79 Å². The van der Waals surface area contributed by atoms with Gasteiger partial charge in [0.05, 0.1) is 16.8 Å². The topological polar surface area (TPSA) is 83.0 Å². The molecule has 0 spiro atoms. The van der Waals surface area contributed by atoms with Crippen molar-refractivity contribution in [3.8, 4) is 0 Å². The number of carbonyl (C=O) groups excluding carboxylic acids is 1. The smallest absolute Gasteiger partial charge is 0.132 e. The molecule has 0 amide bonds. The van der Waals surface area contributed by atoms with Crippen LogP contribution in [0.2, 0.25) is 0 Å². The first-order valence-corrected chi connectivity index (χ1v) is 9.40. The van der Waals surface area contributed by atoms with Gasteiger partial charge in [0.2, 0.25) is 0 Å². The summed E-state index contributed by atoms with van der Waals surface area (Å²) < 4.78 is 7.85. The summed E-state index contributed by atoms with van der Waals surface area (Å²) >= 11 is 0. The van der Waals surface area contributed by atoms with Crippen molar-refractivity contribution in [1.29, 1.82) is 0 Å². The van der Waals surface area contributed by atoms with Gasteiger partial charge in [-0.1, -0.05) is 19.1 Å². The Balaban J connectivity index is 2.76. The van der Waals surface area contributed by atoms with Gasteiger partial charge in [0, 0.05) is 30.2 Å². The predicted octanol–water partition coefficient (Wildman–Crippen LogP) is 3.58. The summed E-state index contributed by atoms with van der Waals surface area (Å²) in [5, 5.41) is 8.77. The largest absolute Gasteiger partial charge is 0.375 e. The summed E-state index contributed by atoms with van der Waals surface area (Å²) in [7, 11) is 0. The maximum absolute atomic E-state index is 11.3. The number of nitrogens with zero attached hydrogens (tertiary/aromatic N) is 3. The summed E-state index contributed by atoms with van der Waals surface area (Å²) in [5.41, 5.74) is 6.06. The summed E-state index contributed by atoms with van der Waals surface area (Å²) in [6.45, 7) is 18.6. The zero-order valence-corrected chi connectivity index (χ0v) is 18.1. The van der Waals surface area contributed by atoms with Crippen molar-refractivity contribution in [2.45, 2.75) is 104 Å². The molecular weight excluding hydrogens is 328 g/mol. The zero-order valence-electron chi connectivity index (χ0n) is 18.1. The van der Waals surface area contributed by atoms with E-state index in [1.54, 1.807) is 6.92 Å². The van der Waals surface area contributed by atoms with Gasteiger partial charge in [-0.25, -0.2) is 4.68 Å². The van der Waals surface area contributed by atoms with Gasteiger partial charge in [-0.3, -0.25) is 4.79 Å². The summed E-state index contributed by atoms with van der Waals surface area (Å²) in [4.78, 5) is 11.3. The Labute approximate surface area is 158 Å². The number of hydrogen-bond acceptors (Lipinski definition) is 5. The van der Waals surface area contributed by atoms with E-state index in [0.717, 1.165) is 18.5 Å². The maximum atomic E-state index is 11.3. The molecule has 0 saturated carbocycles. The SMILES string of the molecule is CC(=O)CC(C)(C)OCCC(C)(C)n1cc(C(C)(C)CC(C)(C)N)nn1. The molecule has 0 atom stereocenters. The fourth-order valence-corrected chi connectivity index (χ4v) is 3.44. The Kier molecular flexibility index (Phi) is 6.80. The van der Waals surface area contributed by atoms with E-state index in [1.807, 2.05) is 38.6 Å². The highest BCUT2D eigenvalue weighted by Gasteiger charge is 2.32. The molecular formula is C20H38N4O2. The molecule has 1 aromatic heterocycles. The lowest BCUT2D eigenvalue weighted by Crippen LogP contribution is -2.39. The second-order valence-electron chi connectivity index (χ2n) is 10.1. The molecule has 6 heteroatoms. The molecule has 1 aromatic rings. The van der Waals surface area contributed by atoms with E-state index in [0.29, 0.717) is 13.0 Å². The zero-order chi connectivity index (χ0) is 20.4. The summed E-state index contributed by atoms with van der Waals surface area (Å²) in [6, 6.07) is 0. The summed E-state index contributed by atoms with van der Waals surface area (Å²) in [5.74, 6) is 0.139. The van der Waals surface area contributed by atoms with Crippen LogP contribution >= 0.6 is 0 Å². The lowest BCUT2D eigenvalue weighted by molar-refractivity contribution is -0.123. The van der Waals surface area contributed by atoms with Crippen LogP contribution in [0, 0.1) is 0 Å². The minimum absolute atomic E-state index is 0.139. The fraction of sp³-hybridized carbons (Fsp3) is 0.850. The van der Waals surface area contributed by atoms with Crippen molar-refractivity contribution in [3.05, 3.63) is 11.9 Å². The van der Waals surface area contributed by atoms with Crippen LogP contribution in [0.15, 0.2) is 6.20 Å². The van der Waals surface area contributed by atoms with Gasteiger partial charge >= 0.3 is 0 Å². The fourth-order valence-electron chi connectivity index (χ4n) is 3.44. The van der Waals surface area contributed by atoms with E-state index in [2.05, 4.69) is 38.0 Å². The number of aromatic nitrogens is 3. The molecule has 1 heterocycles. The number of ether oxygens (including phenoxy) is 1. The minimum Gasteiger partial charge on any atom is -0.375 e. The quantitative estimate of drug-likeness (QED) is 0.684. The number of Topliss-reactive ketones (excluding diaryl/α,β-unsaturated/α-hetero) is 1. The third kappa shape index (κ3) is 7.16. The van der Waals surface area contributed by atoms with Crippen LogP contribution in [0.25, 0.3) is 0 Å². The molecule has 0 aliphatic carbocycles. The van der Waals surface area contributed by atoms with Crippen molar-refractivity contribution < 1.29 is 9.53 Å². The molecule has 0 aliphatic rings. The van der Waals surface area contributed by atoms with Crippen molar-refractivity contribution in [3.63, 3.8) is 0 Å². The molecule has 0 bridgehead atoms. The van der Waals surface area contributed by atoms with Gasteiger partial charge < -0.3 is 10.5 Å². The number of hydrogen-bond donors (Lipinski definition) is 1. The van der Waals surface area contributed by atoms with E-state index < -0.39 is 5.60 Å². The molecule has 6 nitrogen and oxygen atoms in total. The summed E-state index contributed by atoms with van der Waals surface area (Å²) in [6.07, 6.45) is 4.04. The van der Waals surface area contributed by atoms with Crippen LogP contribution in [0.5, 0.6) is 0 Å². The Bertz CT molecular complexity index is 610. The van der Waals surface area contributed by atoms with Crippen LogP contribution in [-0.4, -0.2) is 38.5 Å². The second-order valence-corrected chi connectivity index (χ2v) is 10.1. The van der Waals surface area contributed by atoms with Gasteiger partial charge in [0.25, 0.3) is 0 Å². The maximum Gasteiger partial charge on any atom is 0.132 e. The number of nitrogens with two attached hydrogens (primary N) is 1. The van der Waals surface area contributed by atoms with E-state index in [4.69, 9.17) is 10.5 Å². The molecule has 0 radical (unpaired) electrons. The molecule has 0 saturated heterocycles. The average molecular weight is 367 g/mol. The van der Waals surface area contributed by atoms with Crippen LogP contribution in [0.4, 0.5) is 0 Å². The monoisotopic (exact) mass is 366 g/mol. The van der Waals surface area contributed by atoms with Gasteiger partial charge in [0.15, 0.2) is 0 Å². The minimum atomic E-state index is -0.440. The molecule has 26 heavy (non-hydrogen) atoms. The average Bonchev–Trinajstić information content (AvgIpc) is 2.83. The first-order valence-electron chi connectivity index (χ1n) is 9.40. The molecule has 150 valence electrons. The number of ketones is 1. The molecule has 2 N–H and O–H groups in total. The van der Waals surface area contributed by atoms with E-state index in [1.165, 1.54) is 0 Å². The van der Waals surface area contributed by atoms with Gasteiger partial charge in [0.1, 0.15) is 5.78 Å².